The Morgan fingerprint density at radius 2 is 2.10 bits per heavy atom. The number of hydrogen-bond acceptors (Lipinski definition) is 3. The molecule has 0 bridgehead atoms. The largest absolute Gasteiger partial charge is 0.355 e. The SMILES string of the molecule is Cc1ccc(F)cc1S(=O)(=O)N[C@H]1CCCCNC1=O. The van der Waals surface area contributed by atoms with Crippen LogP contribution in [0.1, 0.15) is 24.8 Å². The van der Waals surface area contributed by atoms with Gasteiger partial charge in [0.15, 0.2) is 0 Å². The van der Waals surface area contributed by atoms with E-state index in [1.807, 2.05) is 0 Å². The summed E-state index contributed by atoms with van der Waals surface area (Å²) in [5, 5.41) is 2.65. The lowest BCUT2D eigenvalue weighted by Crippen LogP contribution is -2.45. The summed E-state index contributed by atoms with van der Waals surface area (Å²) in [7, 11) is -3.91. The normalized spacial score (nSPS) is 20.3. The lowest BCUT2D eigenvalue weighted by molar-refractivity contribution is -0.122. The van der Waals surface area contributed by atoms with Crippen molar-refractivity contribution in [2.45, 2.75) is 37.1 Å². The average Bonchev–Trinajstić information content (AvgIpc) is 2.57. The van der Waals surface area contributed by atoms with Gasteiger partial charge in [0.2, 0.25) is 15.9 Å². The van der Waals surface area contributed by atoms with Crippen molar-refractivity contribution < 1.29 is 17.6 Å². The molecule has 0 unspecified atom stereocenters. The molecule has 1 fully saturated rings. The number of hydrogen-bond donors (Lipinski definition) is 2. The van der Waals surface area contributed by atoms with Crippen LogP contribution in [0.3, 0.4) is 0 Å². The third kappa shape index (κ3) is 3.34. The minimum Gasteiger partial charge on any atom is -0.355 e. The van der Waals surface area contributed by atoms with Gasteiger partial charge in [-0.05, 0) is 43.9 Å². The predicted octanol–water partition coefficient (Wildman–Crippen LogP) is 1.08. The van der Waals surface area contributed by atoms with E-state index in [0.29, 0.717) is 18.5 Å². The van der Waals surface area contributed by atoms with Gasteiger partial charge in [-0.25, -0.2) is 12.8 Å². The van der Waals surface area contributed by atoms with Crippen LogP contribution in [0.4, 0.5) is 4.39 Å². The van der Waals surface area contributed by atoms with Crippen molar-refractivity contribution in [1.29, 1.82) is 0 Å². The van der Waals surface area contributed by atoms with Crippen molar-refractivity contribution in [3.05, 3.63) is 29.6 Å². The quantitative estimate of drug-likeness (QED) is 0.877. The first-order valence-corrected chi connectivity index (χ1v) is 7.95. The lowest BCUT2D eigenvalue weighted by Gasteiger charge is -2.16. The van der Waals surface area contributed by atoms with Crippen molar-refractivity contribution in [2.24, 2.45) is 0 Å². The topological polar surface area (TPSA) is 75.3 Å². The summed E-state index contributed by atoms with van der Waals surface area (Å²) >= 11 is 0. The Balaban J connectivity index is 2.26. The maximum absolute atomic E-state index is 13.2. The van der Waals surface area contributed by atoms with E-state index < -0.39 is 21.9 Å². The maximum atomic E-state index is 13.2. The number of nitrogens with one attached hydrogen (secondary N) is 2. The second-order valence-corrected chi connectivity index (χ2v) is 6.55. The van der Waals surface area contributed by atoms with Crippen LogP contribution in [-0.4, -0.2) is 26.9 Å². The van der Waals surface area contributed by atoms with E-state index in [9.17, 15) is 17.6 Å². The Labute approximate surface area is 117 Å². The third-order valence-electron chi connectivity index (χ3n) is 3.27. The van der Waals surface area contributed by atoms with E-state index in [4.69, 9.17) is 0 Å². The molecule has 1 aromatic rings. The fourth-order valence-corrected chi connectivity index (χ4v) is 3.65. The van der Waals surface area contributed by atoms with Crippen LogP contribution < -0.4 is 10.0 Å². The molecule has 5 nitrogen and oxygen atoms in total. The number of amides is 1. The number of sulfonamides is 1. The second kappa shape index (κ2) is 5.88. The highest BCUT2D eigenvalue weighted by molar-refractivity contribution is 7.89. The van der Waals surface area contributed by atoms with Gasteiger partial charge < -0.3 is 5.32 Å². The Hall–Kier alpha value is -1.47. The Bertz CT molecular complexity index is 616. The van der Waals surface area contributed by atoms with E-state index in [1.54, 1.807) is 6.92 Å². The zero-order valence-electron chi connectivity index (χ0n) is 11.1. The molecule has 1 amide bonds. The fraction of sp³-hybridized carbons (Fsp3) is 0.462. The average molecular weight is 300 g/mol. The Morgan fingerprint density at radius 3 is 2.85 bits per heavy atom. The predicted molar refractivity (Wildman–Crippen MR) is 72.1 cm³/mol. The van der Waals surface area contributed by atoms with E-state index in [0.717, 1.165) is 18.9 Å². The summed E-state index contributed by atoms with van der Waals surface area (Å²) in [5.41, 5.74) is 0.438. The summed E-state index contributed by atoms with van der Waals surface area (Å²) in [4.78, 5) is 11.6. The van der Waals surface area contributed by atoms with Gasteiger partial charge in [-0.1, -0.05) is 6.07 Å². The van der Waals surface area contributed by atoms with Gasteiger partial charge in [-0.2, -0.15) is 4.72 Å². The van der Waals surface area contributed by atoms with Crippen molar-refractivity contribution in [2.75, 3.05) is 6.54 Å². The zero-order valence-corrected chi connectivity index (χ0v) is 12.0. The van der Waals surface area contributed by atoms with Crippen LogP contribution in [0.5, 0.6) is 0 Å². The minimum absolute atomic E-state index is 0.130. The number of aryl methyl sites for hydroxylation is 1. The molecule has 0 saturated carbocycles. The van der Waals surface area contributed by atoms with Gasteiger partial charge in [0.25, 0.3) is 0 Å². The molecule has 7 heteroatoms. The highest BCUT2D eigenvalue weighted by Crippen LogP contribution is 2.18. The molecule has 1 aliphatic heterocycles. The molecular weight excluding hydrogens is 283 g/mol. The summed E-state index contributed by atoms with van der Waals surface area (Å²) in [5.74, 6) is -0.957. The van der Waals surface area contributed by atoms with Crippen LogP contribution in [0, 0.1) is 12.7 Å². The molecule has 2 rings (SSSR count). The number of carbonyl (C=O) groups excluding carboxylic acids is 1. The smallest absolute Gasteiger partial charge is 0.241 e. The molecule has 0 radical (unpaired) electrons. The highest BCUT2D eigenvalue weighted by Gasteiger charge is 2.27. The summed E-state index contributed by atoms with van der Waals surface area (Å²) < 4.78 is 40.1. The molecule has 1 atom stereocenters. The summed E-state index contributed by atoms with van der Waals surface area (Å²) in [6, 6.07) is 2.76. The van der Waals surface area contributed by atoms with Crippen LogP contribution in [0.2, 0.25) is 0 Å². The van der Waals surface area contributed by atoms with Gasteiger partial charge in [0.05, 0.1) is 4.90 Å². The van der Waals surface area contributed by atoms with Gasteiger partial charge in [-0.15, -0.1) is 0 Å². The van der Waals surface area contributed by atoms with Crippen LogP contribution in [0.15, 0.2) is 23.1 Å². The van der Waals surface area contributed by atoms with Crippen LogP contribution in [-0.2, 0) is 14.8 Å². The summed E-state index contributed by atoms with van der Waals surface area (Å²) in [6.07, 6.45) is 2.02. The fourth-order valence-electron chi connectivity index (χ4n) is 2.17. The summed E-state index contributed by atoms with van der Waals surface area (Å²) in [6.45, 7) is 2.14. The molecular formula is C13H17FN2O3S. The van der Waals surface area contributed by atoms with Crippen molar-refractivity contribution >= 4 is 15.9 Å². The van der Waals surface area contributed by atoms with E-state index >= 15 is 0 Å². The first kappa shape index (κ1) is 14.9. The zero-order chi connectivity index (χ0) is 14.8. The second-order valence-electron chi connectivity index (χ2n) is 4.87. The van der Waals surface area contributed by atoms with Gasteiger partial charge in [-0.3, -0.25) is 4.79 Å². The molecule has 1 aliphatic rings. The molecule has 1 aromatic carbocycles. The van der Waals surface area contributed by atoms with Crippen molar-refractivity contribution in [3.63, 3.8) is 0 Å². The van der Waals surface area contributed by atoms with Gasteiger partial charge in [0, 0.05) is 6.54 Å². The standard InChI is InChI=1S/C13H17FN2O3S/c1-9-5-6-10(14)8-12(9)20(18,19)16-11-4-2-3-7-15-13(11)17/h5-6,8,11,16H,2-4,7H2,1H3,(H,15,17)/t11-/m0/s1. The van der Waals surface area contributed by atoms with Crippen LogP contribution in [0.25, 0.3) is 0 Å². The molecule has 0 aromatic heterocycles. The number of rotatable bonds is 3. The van der Waals surface area contributed by atoms with Crippen molar-refractivity contribution in [1.82, 2.24) is 10.0 Å². The molecule has 110 valence electrons. The third-order valence-corrected chi connectivity index (χ3v) is 4.89. The molecule has 1 saturated heterocycles. The minimum atomic E-state index is -3.91. The van der Waals surface area contributed by atoms with Gasteiger partial charge in [0.1, 0.15) is 11.9 Å². The van der Waals surface area contributed by atoms with Crippen molar-refractivity contribution in [3.8, 4) is 0 Å². The van der Waals surface area contributed by atoms with E-state index in [-0.39, 0.29) is 10.8 Å². The Kier molecular flexibility index (Phi) is 4.39. The monoisotopic (exact) mass is 300 g/mol. The van der Waals surface area contributed by atoms with E-state index in [1.165, 1.54) is 12.1 Å². The molecule has 20 heavy (non-hydrogen) atoms. The molecule has 2 N–H and O–H groups in total. The van der Waals surface area contributed by atoms with Crippen LogP contribution >= 0.6 is 0 Å². The molecule has 0 aliphatic carbocycles. The highest BCUT2D eigenvalue weighted by atomic mass is 32.2. The van der Waals surface area contributed by atoms with E-state index in [2.05, 4.69) is 10.0 Å². The number of benzene rings is 1. The lowest BCUT2D eigenvalue weighted by atomic mass is 10.1. The maximum Gasteiger partial charge on any atom is 0.241 e. The molecule has 1 heterocycles. The first-order valence-electron chi connectivity index (χ1n) is 6.46. The first-order chi connectivity index (χ1) is 9.40. The Morgan fingerprint density at radius 1 is 1.35 bits per heavy atom. The number of halogens is 1. The van der Waals surface area contributed by atoms with Gasteiger partial charge >= 0.3 is 0 Å². The molecule has 0 spiro atoms. The number of carbonyl (C=O) groups is 1.